The van der Waals surface area contributed by atoms with E-state index in [9.17, 15) is 0 Å². The van der Waals surface area contributed by atoms with Gasteiger partial charge in [-0.3, -0.25) is 4.98 Å². The zero-order chi connectivity index (χ0) is 13.5. The molecule has 0 radical (unpaired) electrons. The highest BCUT2D eigenvalue weighted by molar-refractivity contribution is 5.85. The van der Waals surface area contributed by atoms with E-state index in [-0.39, 0.29) is 0 Å². The van der Waals surface area contributed by atoms with Gasteiger partial charge in [0.1, 0.15) is 5.84 Å². The van der Waals surface area contributed by atoms with Crippen LogP contribution < -0.4 is 5.73 Å². The summed E-state index contributed by atoms with van der Waals surface area (Å²) in [5, 5.41) is 8.89. The van der Waals surface area contributed by atoms with Gasteiger partial charge in [-0.25, -0.2) is 0 Å². The van der Waals surface area contributed by atoms with Gasteiger partial charge in [0.05, 0.1) is 5.52 Å². The second-order valence-electron chi connectivity index (χ2n) is 4.09. The molecule has 0 aliphatic rings. The number of aromatic nitrogens is 1. The summed E-state index contributed by atoms with van der Waals surface area (Å²) in [6.07, 6.45) is 7.66. The average molecular weight is 252 g/mol. The Morgan fingerprint density at radius 1 is 1.37 bits per heavy atom. The van der Waals surface area contributed by atoms with E-state index in [1.165, 1.54) is 0 Å². The number of amidine groups is 1. The number of rotatable bonds is 4. The highest BCUT2D eigenvalue weighted by Crippen LogP contribution is 2.13. The van der Waals surface area contributed by atoms with Crippen LogP contribution in [0.5, 0.6) is 0 Å². The molecule has 2 N–H and O–H groups in total. The van der Waals surface area contributed by atoms with Crippen LogP contribution in [-0.2, 0) is 6.42 Å². The third-order valence-corrected chi connectivity index (χ3v) is 2.58. The standard InChI is InChI=1S/C15H16N4/c1-2-3-9-18-19-15(16)11-12-6-7-14-13(10-12)5-4-8-17-14/h2-10H,11H2,1H3,(H2,16,19)/b3-2-,18-9+. The van der Waals surface area contributed by atoms with E-state index in [2.05, 4.69) is 21.3 Å². The number of pyridine rings is 1. The van der Waals surface area contributed by atoms with Gasteiger partial charge in [-0.15, -0.1) is 5.10 Å². The number of nitrogens with two attached hydrogens (primary N) is 1. The van der Waals surface area contributed by atoms with E-state index in [1.54, 1.807) is 18.5 Å². The minimum absolute atomic E-state index is 0.490. The Kier molecular flexibility index (Phi) is 4.39. The fourth-order valence-electron chi connectivity index (χ4n) is 1.71. The molecule has 0 saturated heterocycles. The fraction of sp³-hybridized carbons (Fsp3) is 0.133. The van der Waals surface area contributed by atoms with Gasteiger partial charge in [0, 0.05) is 24.2 Å². The smallest absolute Gasteiger partial charge is 0.126 e. The van der Waals surface area contributed by atoms with Crippen molar-refractivity contribution in [3.63, 3.8) is 0 Å². The van der Waals surface area contributed by atoms with Gasteiger partial charge < -0.3 is 5.73 Å². The summed E-state index contributed by atoms with van der Waals surface area (Å²) in [6, 6.07) is 10.0. The van der Waals surface area contributed by atoms with E-state index in [0.717, 1.165) is 16.5 Å². The minimum atomic E-state index is 0.490. The molecular weight excluding hydrogens is 236 g/mol. The van der Waals surface area contributed by atoms with Crippen LogP contribution in [0.4, 0.5) is 0 Å². The lowest BCUT2D eigenvalue weighted by molar-refractivity contribution is 1.18. The Labute approximate surface area is 112 Å². The molecule has 0 spiro atoms. The lowest BCUT2D eigenvalue weighted by Gasteiger charge is -2.02. The molecule has 0 fully saturated rings. The summed E-state index contributed by atoms with van der Waals surface area (Å²) in [5.41, 5.74) is 7.91. The Morgan fingerprint density at radius 2 is 2.26 bits per heavy atom. The number of hydrogen-bond acceptors (Lipinski definition) is 3. The zero-order valence-corrected chi connectivity index (χ0v) is 10.8. The van der Waals surface area contributed by atoms with Crippen molar-refractivity contribution in [2.45, 2.75) is 13.3 Å². The maximum absolute atomic E-state index is 5.83. The molecule has 1 aromatic carbocycles. The van der Waals surface area contributed by atoms with Crippen molar-refractivity contribution in [3.8, 4) is 0 Å². The Bertz CT molecular complexity index is 641. The van der Waals surface area contributed by atoms with Crippen LogP contribution in [0.2, 0.25) is 0 Å². The SMILES string of the molecule is C\C=C/C=N/N=C(\N)Cc1ccc2ncccc2c1. The van der Waals surface area contributed by atoms with Crippen LogP contribution in [0, 0.1) is 0 Å². The van der Waals surface area contributed by atoms with Gasteiger partial charge >= 0.3 is 0 Å². The van der Waals surface area contributed by atoms with E-state index >= 15 is 0 Å². The summed E-state index contributed by atoms with van der Waals surface area (Å²) >= 11 is 0. The molecule has 1 heterocycles. The first kappa shape index (κ1) is 13.0. The van der Waals surface area contributed by atoms with E-state index in [0.29, 0.717) is 12.3 Å². The summed E-state index contributed by atoms with van der Waals surface area (Å²) in [4.78, 5) is 4.28. The molecule has 0 amide bonds. The molecular formula is C15H16N4. The van der Waals surface area contributed by atoms with Crippen LogP contribution in [0.15, 0.2) is 58.9 Å². The largest absolute Gasteiger partial charge is 0.385 e. The van der Waals surface area contributed by atoms with Gasteiger partial charge in [0.2, 0.25) is 0 Å². The van der Waals surface area contributed by atoms with Gasteiger partial charge in [0.15, 0.2) is 0 Å². The van der Waals surface area contributed by atoms with Crippen LogP contribution >= 0.6 is 0 Å². The number of allylic oxidation sites excluding steroid dienone is 2. The van der Waals surface area contributed by atoms with Gasteiger partial charge in [0.25, 0.3) is 0 Å². The van der Waals surface area contributed by atoms with Crippen LogP contribution in [-0.4, -0.2) is 17.0 Å². The Balaban J connectivity index is 2.12. The highest BCUT2D eigenvalue weighted by Gasteiger charge is 1.99. The molecule has 19 heavy (non-hydrogen) atoms. The van der Waals surface area contributed by atoms with Crippen molar-refractivity contribution in [1.82, 2.24) is 4.98 Å². The third-order valence-electron chi connectivity index (χ3n) is 2.58. The number of benzene rings is 1. The minimum Gasteiger partial charge on any atom is -0.385 e. The van der Waals surface area contributed by atoms with Crippen molar-refractivity contribution in [2.24, 2.45) is 15.9 Å². The quantitative estimate of drug-likeness (QED) is 0.516. The first-order valence-electron chi connectivity index (χ1n) is 6.10. The number of fused-ring (bicyclic) bond motifs is 1. The summed E-state index contributed by atoms with van der Waals surface area (Å²) in [5.74, 6) is 0.490. The Hall–Kier alpha value is -2.49. The molecule has 0 unspecified atom stereocenters. The van der Waals surface area contributed by atoms with E-state index in [4.69, 9.17) is 5.73 Å². The van der Waals surface area contributed by atoms with Crippen molar-refractivity contribution in [3.05, 3.63) is 54.2 Å². The molecule has 0 saturated carbocycles. The van der Waals surface area contributed by atoms with Crippen LogP contribution in [0.1, 0.15) is 12.5 Å². The predicted octanol–water partition coefficient (Wildman–Crippen LogP) is 2.70. The molecule has 0 bridgehead atoms. The second-order valence-corrected chi connectivity index (χ2v) is 4.09. The maximum Gasteiger partial charge on any atom is 0.126 e. The van der Waals surface area contributed by atoms with Gasteiger partial charge in [-0.05, 0) is 36.8 Å². The van der Waals surface area contributed by atoms with E-state index < -0.39 is 0 Å². The van der Waals surface area contributed by atoms with Gasteiger partial charge in [-0.2, -0.15) is 5.10 Å². The molecule has 4 heteroatoms. The lowest BCUT2D eigenvalue weighted by Crippen LogP contribution is -2.14. The highest BCUT2D eigenvalue weighted by atomic mass is 15.2. The normalized spacial score (nSPS) is 12.8. The van der Waals surface area contributed by atoms with E-state index in [1.807, 2.05) is 37.3 Å². The second kappa shape index (κ2) is 6.44. The fourth-order valence-corrected chi connectivity index (χ4v) is 1.71. The molecule has 96 valence electrons. The zero-order valence-electron chi connectivity index (χ0n) is 10.8. The first-order valence-corrected chi connectivity index (χ1v) is 6.10. The maximum atomic E-state index is 5.83. The van der Waals surface area contributed by atoms with Gasteiger partial charge in [-0.1, -0.05) is 18.2 Å². The molecule has 0 aliphatic carbocycles. The van der Waals surface area contributed by atoms with Crippen LogP contribution in [0.3, 0.4) is 0 Å². The topological polar surface area (TPSA) is 63.6 Å². The van der Waals surface area contributed by atoms with Crippen molar-refractivity contribution < 1.29 is 0 Å². The monoisotopic (exact) mass is 252 g/mol. The predicted molar refractivity (Wildman–Crippen MR) is 80.4 cm³/mol. The molecule has 2 rings (SSSR count). The molecule has 0 atom stereocenters. The summed E-state index contributed by atoms with van der Waals surface area (Å²) in [7, 11) is 0. The van der Waals surface area contributed by atoms with Crippen LogP contribution in [0.25, 0.3) is 10.9 Å². The van der Waals surface area contributed by atoms with Crippen molar-refractivity contribution in [1.29, 1.82) is 0 Å². The third kappa shape index (κ3) is 3.74. The molecule has 2 aromatic rings. The average Bonchev–Trinajstić information content (AvgIpc) is 2.43. The molecule has 1 aromatic heterocycles. The summed E-state index contributed by atoms with van der Waals surface area (Å²) in [6.45, 7) is 1.92. The molecule has 4 nitrogen and oxygen atoms in total. The van der Waals surface area contributed by atoms with Crippen molar-refractivity contribution >= 4 is 23.0 Å². The number of hydrogen-bond donors (Lipinski definition) is 1. The lowest BCUT2D eigenvalue weighted by atomic mass is 10.1. The number of nitrogens with zero attached hydrogens (tertiary/aromatic N) is 3. The van der Waals surface area contributed by atoms with Crippen molar-refractivity contribution in [2.75, 3.05) is 0 Å². The first-order chi connectivity index (χ1) is 9.29. The summed E-state index contributed by atoms with van der Waals surface area (Å²) < 4.78 is 0. The Morgan fingerprint density at radius 3 is 3.11 bits per heavy atom. The molecule has 0 aliphatic heterocycles.